The van der Waals surface area contributed by atoms with E-state index in [1.807, 2.05) is 24.3 Å². The summed E-state index contributed by atoms with van der Waals surface area (Å²) in [5.74, 6) is -0.795. The first-order valence-electron chi connectivity index (χ1n) is 10.1. The Morgan fingerprint density at radius 3 is 2.55 bits per heavy atom. The molecule has 2 aromatic rings. The van der Waals surface area contributed by atoms with E-state index in [-0.39, 0.29) is 30.2 Å². The number of aryl methyl sites for hydroxylation is 1. The van der Waals surface area contributed by atoms with Gasteiger partial charge in [0.25, 0.3) is 5.91 Å². The maximum atomic E-state index is 12.7. The predicted octanol–water partition coefficient (Wildman–Crippen LogP) is 3.13. The lowest BCUT2D eigenvalue weighted by Crippen LogP contribution is -2.28. The molecule has 1 heterocycles. The van der Waals surface area contributed by atoms with Crippen LogP contribution in [0.2, 0.25) is 0 Å². The van der Waals surface area contributed by atoms with E-state index in [2.05, 4.69) is 17.6 Å². The van der Waals surface area contributed by atoms with E-state index >= 15 is 0 Å². The predicted molar refractivity (Wildman–Crippen MR) is 112 cm³/mol. The second-order valence-corrected chi connectivity index (χ2v) is 7.74. The summed E-state index contributed by atoms with van der Waals surface area (Å²) in [6.45, 7) is 2.44. The van der Waals surface area contributed by atoms with Crippen LogP contribution in [0.1, 0.15) is 42.1 Å². The summed E-state index contributed by atoms with van der Waals surface area (Å²) < 4.78 is 0. The van der Waals surface area contributed by atoms with Crippen LogP contribution in [0.3, 0.4) is 0 Å². The number of nitrogens with one attached hydrogen (secondary N) is 2. The average molecular weight is 391 g/mol. The molecule has 29 heavy (non-hydrogen) atoms. The summed E-state index contributed by atoms with van der Waals surface area (Å²) >= 11 is 0. The zero-order valence-electron chi connectivity index (χ0n) is 16.5. The minimum absolute atomic E-state index is 0.0491. The molecule has 0 aromatic heterocycles. The minimum atomic E-state index is -0.419. The van der Waals surface area contributed by atoms with E-state index in [9.17, 15) is 14.4 Å². The minimum Gasteiger partial charge on any atom is -0.349 e. The topological polar surface area (TPSA) is 78.5 Å². The highest BCUT2D eigenvalue weighted by molar-refractivity contribution is 6.04. The molecular formula is C23H25N3O3. The highest BCUT2D eigenvalue weighted by Crippen LogP contribution is 2.27. The third kappa shape index (κ3) is 4.47. The number of hydrogen-bond donors (Lipinski definition) is 2. The second-order valence-electron chi connectivity index (χ2n) is 7.74. The van der Waals surface area contributed by atoms with Crippen LogP contribution in [0.15, 0.2) is 48.5 Å². The van der Waals surface area contributed by atoms with Gasteiger partial charge in [-0.2, -0.15) is 0 Å². The molecule has 2 aliphatic rings. The molecule has 1 saturated carbocycles. The third-order valence-corrected chi connectivity index (χ3v) is 5.46. The van der Waals surface area contributed by atoms with Gasteiger partial charge in [-0.25, -0.2) is 0 Å². The fraction of sp³-hybridized carbons (Fsp3) is 0.348. The van der Waals surface area contributed by atoms with Gasteiger partial charge in [-0.3, -0.25) is 14.4 Å². The van der Waals surface area contributed by atoms with Crippen LogP contribution >= 0.6 is 0 Å². The number of carbonyl (C=O) groups excluding carboxylic acids is 3. The van der Waals surface area contributed by atoms with Gasteiger partial charge in [-0.1, -0.05) is 25.1 Å². The number of nitrogens with zero attached hydrogens (tertiary/aromatic N) is 1. The molecule has 0 unspecified atom stereocenters. The smallest absolute Gasteiger partial charge is 0.251 e. The molecule has 1 saturated heterocycles. The number of hydrogen-bond acceptors (Lipinski definition) is 3. The molecule has 2 fully saturated rings. The number of anilines is 2. The number of amides is 3. The van der Waals surface area contributed by atoms with Crippen molar-refractivity contribution < 1.29 is 14.4 Å². The van der Waals surface area contributed by atoms with Crippen molar-refractivity contribution in [2.24, 2.45) is 5.92 Å². The Bertz CT molecular complexity index is 935. The van der Waals surface area contributed by atoms with Gasteiger partial charge in [-0.15, -0.1) is 0 Å². The molecule has 1 aliphatic heterocycles. The van der Waals surface area contributed by atoms with E-state index in [1.54, 1.807) is 29.2 Å². The first-order valence-corrected chi connectivity index (χ1v) is 10.1. The van der Waals surface area contributed by atoms with Crippen LogP contribution < -0.4 is 15.5 Å². The third-order valence-electron chi connectivity index (χ3n) is 5.46. The van der Waals surface area contributed by atoms with E-state index in [4.69, 9.17) is 0 Å². The maximum absolute atomic E-state index is 12.7. The Morgan fingerprint density at radius 1 is 1.10 bits per heavy atom. The Kier molecular flexibility index (Phi) is 5.34. The quantitative estimate of drug-likeness (QED) is 0.794. The zero-order chi connectivity index (χ0) is 20.4. The molecule has 1 aliphatic carbocycles. The lowest BCUT2D eigenvalue weighted by Gasteiger charge is -2.17. The number of benzene rings is 2. The van der Waals surface area contributed by atoms with Crippen LogP contribution in [0.5, 0.6) is 0 Å². The lowest BCUT2D eigenvalue weighted by molar-refractivity contribution is -0.122. The van der Waals surface area contributed by atoms with Gasteiger partial charge in [0.1, 0.15) is 0 Å². The van der Waals surface area contributed by atoms with E-state index in [0.29, 0.717) is 17.8 Å². The molecule has 6 heteroatoms. The van der Waals surface area contributed by atoms with Crippen LogP contribution in [0, 0.1) is 5.92 Å². The van der Waals surface area contributed by atoms with Crippen molar-refractivity contribution in [2.75, 3.05) is 16.8 Å². The fourth-order valence-electron chi connectivity index (χ4n) is 3.52. The van der Waals surface area contributed by atoms with Crippen molar-refractivity contribution in [3.8, 4) is 0 Å². The molecule has 1 atom stereocenters. The zero-order valence-corrected chi connectivity index (χ0v) is 16.5. The summed E-state index contributed by atoms with van der Waals surface area (Å²) in [7, 11) is 0. The highest BCUT2D eigenvalue weighted by Gasteiger charge is 2.35. The summed E-state index contributed by atoms with van der Waals surface area (Å²) in [4.78, 5) is 39.0. The van der Waals surface area contributed by atoms with Crippen molar-refractivity contribution in [3.05, 3.63) is 59.7 Å². The van der Waals surface area contributed by atoms with Gasteiger partial charge in [0.15, 0.2) is 0 Å². The number of carbonyl (C=O) groups is 3. The first kappa shape index (κ1) is 19.2. The summed E-state index contributed by atoms with van der Waals surface area (Å²) in [5, 5.41) is 5.80. The normalized spacial score (nSPS) is 18.6. The summed E-state index contributed by atoms with van der Waals surface area (Å²) in [5.41, 5.74) is 3.12. The van der Waals surface area contributed by atoms with E-state index in [0.717, 1.165) is 24.9 Å². The summed E-state index contributed by atoms with van der Waals surface area (Å²) in [6, 6.07) is 15.1. The SMILES string of the molecule is CCc1ccc(N2C[C@@H](C(=O)Nc3cccc(C(=O)NC4CC4)c3)CC2=O)cc1. The first-order chi connectivity index (χ1) is 14.0. The largest absolute Gasteiger partial charge is 0.349 e. The van der Waals surface area contributed by atoms with Gasteiger partial charge in [0, 0.05) is 35.9 Å². The summed E-state index contributed by atoms with van der Waals surface area (Å²) in [6.07, 6.45) is 3.17. The van der Waals surface area contributed by atoms with Gasteiger partial charge >= 0.3 is 0 Å². The molecule has 150 valence electrons. The maximum Gasteiger partial charge on any atom is 0.251 e. The molecule has 0 bridgehead atoms. The molecule has 2 aromatic carbocycles. The molecular weight excluding hydrogens is 366 g/mol. The van der Waals surface area contributed by atoms with Gasteiger partial charge in [0.2, 0.25) is 11.8 Å². The van der Waals surface area contributed by atoms with Crippen molar-refractivity contribution in [3.63, 3.8) is 0 Å². The Hall–Kier alpha value is -3.15. The van der Waals surface area contributed by atoms with Crippen molar-refractivity contribution in [1.82, 2.24) is 5.32 Å². The number of rotatable bonds is 6. The molecule has 0 radical (unpaired) electrons. The monoisotopic (exact) mass is 391 g/mol. The van der Waals surface area contributed by atoms with Crippen molar-refractivity contribution >= 4 is 29.1 Å². The van der Waals surface area contributed by atoms with Crippen LogP contribution in [0.25, 0.3) is 0 Å². The molecule has 2 N–H and O–H groups in total. The Labute approximate surface area is 170 Å². The standard InChI is InChI=1S/C23H25N3O3/c1-2-15-6-10-20(11-7-15)26-14-17(13-21(26)27)23(29)25-19-5-3-4-16(12-19)22(28)24-18-8-9-18/h3-7,10-12,17-18H,2,8-9,13-14H2,1H3,(H,24,28)(H,25,29)/t17-/m0/s1. The van der Waals surface area contributed by atoms with E-state index in [1.165, 1.54) is 5.56 Å². The molecule has 3 amide bonds. The fourth-order valence-corrected chi connectivity index (χ4v) is 3.52. The lowest BCUT2D eigenvalue weighted by atomic mass is 10.1. The van der Waals surface area contributed by atoms with Crippen LogP contribution in [-0.2, 0) is 16.0 Å². The Morgan fingerprint density at radius 2 is 1.86 bits per heavy atom. The van der Waals surface area contributed by atoms with Crippen molar-refractivity contribution in [1.29, 1.82) is 0 Å². The molecule has 6 nitrogen and oxygen atoms in total. The second kappa shape index (κ2) is 8.07. The van der Waals surface area contributed by atoms with Crippen LogP contribution in [-0.4, -0.2) is 30.3 Å². The average Bonchev–Trinajstić information content (AvgIpc) is 3.46. The Balaban J connectivity index is 1.39. The van der Waals surface area contributed by atoms with Crippen molar-refractivity contribution in [2.45, 2.75) is 38.6 Å². The van der Waals surface area contributed by atoms with E-state index < -0.39 is 5.92 Å². The molecule has 0 spiro atoms. The highest BCUT2D eigenvalue weighted by atomic mass is 16.2. The van der Waals surface area contributed by atoms with Crippen LogP contribution in [0.4, 0.5) is 11.4 Å². The molecule has 4 rings (SSSR count). The van der Waals surface area contributed by atoms with Gasteiger partial charge in [0.05, 0.1) is 5.92 Å². The van der Waals surface area contributed by atoms with Gasteiger partial charge in [-0.05, 0) is 55.2 Å². The van der Waals surface area contributed by atoms with Gasteiger partial charge < -0.3 is 15.5 Å².